The Bertz CT molecular complexity index is 1420. The monoisotopic (exact) mass is 664 g/mol. The van der Waals surface area contributed by atoms with E-state index in [2.05, 4.69) is 35.3 Å². The zero-order valence-corrected chi connectivity index (χ0v) is 28.3. The molecule has 1 saturated carbocycles. The largest absolute Gasteiger partial charge is 0.460 e. The maximum Gasteiger partial charge on any atom is 0.412 e. The molecule has 0 bridgehead atoms. The summed E-state index contributed by atoms with van der Waals surface area (Å²) in [5.74, 6) is 0.0639. The fourth-order valence-electron chi connectivity index (χ4n) is 7.55. The van der Waals surface area contributed by atoms with E-state index in [4.69, 9.17) is 19.0 Å². The number of benzene rings is 2. The Hall–Kier alpha value is -3.31. The number of thioether (sulfide) groups is 1. The van der Waals surface area contributed by atoms with E-state index in [9.17, 15) is 15.0 Å². The number of nitrogens with one attached hydrogen (secondary N) is 1. The van der Waals surface area contributed by atoms with Gasteiger partial charge in [-0.2, -0.15) is 0 Å². The summed E-state index contributed by atoms with van der Waals surface area (Å²) in [5.41, 5.74) is 2.89. The number of unbranched alkanes of at least 4 members (excludes halogenated alkanes) is 2. The SMILES string of the molecule is C=CCOC12Oc3ccc(OC(=O)NCC)cc3C3C(CCCCO)C(CCCCO)C=C(C(=NOC)CC1Sc1ccccc1)C32. The number of allylic oxidation sites excluding steroid dienone is 1. The average Bonchev–Trinajstić information content (AvgIpc) is 3.07. The minimum atomic E-state index is -1.07. The van der Waals surface area contributed by atoms with Gasteiger partial charge in [0.15, 0.2) is 0 Å². The minimum Gasteiger partial charge on any atom is -0.460 e. The van der Waals surface area contributed by atoms with Crippen LogP contribution in [0.5, 0.6) is 11.5 Å². The van der Waals surface area contributed by atoms with Crippen molar-refractivity contribution >= 4 is 23.6 Å². The number of rotatable bonds is 16. The van der Waals surface area contributed by atoms with Gasteiger partial charge in [0.1, 0.15) is 18.6 Å². The predicted molar refractivity (Wildman–Crippen MR) is 184 cm³/mol. The van der Waals surface area contributed by atoms with E-state index in [0.29, 0.717) is 37.5 Å². The standard InChI is InChI=1S/C37H48N2O7S/c1-4-21-44-37-33(47-27-14-7-6-8-15-27)24-31(39-43-3)29-22-25(13-9-11-19-40)28(16-10-12-20-41)34(35(29)37)30-23-26(17-18-32(30)46-37)45-36(42)38-5-2/h4,6-8,14-15,17-18,22-23,25,28,33-35,40-41H,1,5,9-13,16,19-21,24H2,2-3H3,(H,38,42). The van der Waals surface area contributed by atoms with Gasteiger partial charge in [0.25, 0.3) is 0 Å². The molecule has 3 N–H and O–H groups in total. The van der Waals surface area contributed by atoms with Crippen LogP contribution >= 0.6 is 11.8 Å². The Kier molecular flexibility index (Phi) is 12.4. The normalized spacial score (nSPS) is 26.8. The third-order valence-electron chi connectivity index (χ3n) is 9.38. The molecule has 5 rings (SSSR count). The molecular weight excluding hydrogens is 616 g/mol. The van der Waals surface area contributed by atoms with Gasteiger partial charge in [0.05, 0.1) is 23.5 Å². The first kappa shape index (κ1) is 35.0. The molecule has 9 nitrogen and oxygen atoms in total. The lowest BCUT2D eigenvalue weighted by atomic mass is 9.56. The van der Waals surface area contributed by atoms with Gasteiger partial charge >= 0.3 is 6.09 Å². The molecule has 254 valence electrons. The lowest BCUT2D eigenvalue weighted by molar-refractivity contribution is -0.223. The number of nitrogens with zero attached hydrogens (tertiary/aromatic N) is 1. The third-order valence-corrected chi connectivity index (χ3v) is 10.7. The minimum absolute atomic E-state index is 0.0830. The lowest BCUT2D eigenvalue weighted by Crippen LogP contribution is -2.64. The summed E-state index contributed by atoms with van der Waals surface area (Å²) in [4.78, 5) is 19.1. The van der Waals surface area contributed by atoms with E-state index in [0.717, 1.165) is 53.8 Å². The van der Waals surface area contributed by atoms with Gasteiger partial charge in [-0.25, -0.2) is 4.79 Å². The molecule has 6 unspecified atom stereocenters. The van der Waals surface area contributed by atoms with Crippen LogP contribution in [0.4, 0.5) is 4.79 Å². The number of aliphatic hydroxyl groups excluding tert-OH is 2. The molecule has 1 heterocycles. The van der Waals surface area contributed by atoms with Crippen LogP contribution in [-0.2, 0) is 9.57 Å². The summed E-state index contributed by atoms with van der Waals surface area (Å²) in [7, 11) is 1.58. The van der Waals surface area contributed by atoms with Crippen molar-refractivity contribution in [2.75, 3.05) is 33.5 Å². The Morgan fingerprint density at radius 2 is 1.89 bits per heavy atom. The molecule has 0 saturated heterocycles. The van der Waals surface area contributed by atoms with Gasteiger partial charge in [-0.1, -0.05) is 48.3 Å². The van der Waals surface area contributed by atoms with Gasteiger partial charge in [-0.3, -0.25) is 0 Å². The van der Waals surface area contributed by atoms with Crippen LogP contribution in [0.1, 0.15) is 63.4 Å². The summed E-state index contributed by atoms with van der Waals surface area (Å²) in [6.07, 6.45) is 9.11. The molecule has 3 aliphatic rings. The molecule has 0 radical (unpaired) electrons. The Balaban J connectivity index is 1.72. The summed E-state index contributed by atoms with van der Waals surface area (Å²) >= 11 is 1.71. The fourth-order valence-corrected chi connectivity index (χ4v) is 8.86. The maximum atomic E-state index is 12.5. The summed E-state index contributed by atoms with van der Waals surface area (Å²) in [5, 5.41) is 26.5. The van der Waals surface area contributed by atoms with Crippen molar-refractivity contribution in [1.82, 2.24) is 5.32 Å². The fraction of sp³-hybridized carbons (Fsp3) is 0.514. The number of oxime groups is 1. The topological polar surface area (TPSA) is 119 Å². The number of ether oxygens (including phenoxy) is 3. The number of carbonyl (C=O) groups is 1. The predicted octanol–water partition coefficient (Wildman–Crippen LogP) is 6.85. The lowest BCUT2D eigenvalue weighted by Gasteiger charge is -2.58. The van der Waals surface area contributed by atoms with Gasteiger partial charge in [-0.05, 0) is 80.3 Å². The van der Waals surface area contributed by atoms with Crippen LogP contribution < -0.4 is 14.8 Å². The van der Waals surface area contributed by atoms with E-state index in [1.807, 2.05) is 37.3 Å². The molecule has 2 aromatic rings. The quantitative estimate of drug-likeness (QED) is 0.101. The van der Waals surface area contributed by atoms with Crippen LogP contribution in [0.3, 0.4) is 0 Å². The van der Waals surface area contributed by atoms with Crippen molar-refractivity contribution in [3.63, 3.8) is 0 Å². The molecule has 1 fully saturated rings. The zero-order valence-electron chi connectivity index (χ0n) is 27.4. The Labute approximate surface area is 282 Å². The first-order chi connectivity index (χ1) is 23.0. The second-order valence-corrected chi connectivity index (χ2v) is 13.6. The number of amides is 1. The van der Waals surface area contributed by atoms with Gasteiger partial charge < -0.3 is 34.6 Å². The van der Waals surface area contributed by atoms with Gasteiger partial charge in [0, 0.05) is 42.6 Å². The van der Waals surface area contributed by atoms with Crippen molar-refractivity contribution in [2.45, 2.75) is 73.7 Å². The Morgan fingerprint density at radius 1 is 1.13 bits per heavy atom. The van der Waals surface area contributed by atoms with Crippen LogP contribution in [0.25, 0.3) is 0 Å². The molecule has 2 aliphatic carbocycles. The highest BCUT2D eigenvalue weighted by molar-refractivity contribution is 8.00. The maximum absolute atomic E-state index is 12.5. The molecule has 0 spiro atoms. The van der Waals surface area contributed by atoms with Crippen LogP contribution in [0.2, 0.25) is 0 Å². The molecule has 1 aliphatic heterocycles. The van der Waals surface area contributed by atoms with E-state index >= 15 is 0 Å². The van der Waals surface area contributed by atoms with Gasteiger partial charge in [-0.15, -0.1) is 18.3 Å². The number of hydrogen-bond donors (Lipinski definition) is 3. The number of hydrogen-bond acceptors (Lipinski definition) is 9. The molecule has 0 aromatic heterocycles. The number of aliphatic hydroxyl groups is 2. The van der Waals surface area contributed by atoms with Crippen molar-refractivity contribution in [2.24, 2.45) is 22.9 Å². The number of carbonyl (C=O) groups excluding carboxylic acids is 1. The second kappa shape index (κ2) is 16.7. The molecule has 6 atom stereocenters. The average molecular weight is 665 g/mol. The van der Waals surface area contributed by atoms with E-state index in [1.54, 1.807) is 31.0 Å². The van der Waals surface area contributed by atoms with E-state index in [-0.39, 0.29) is 42.1 Å². The molecule has 2 aromatic carbocycles. The summed E-state index contributed by atoms with van der Waals surface area (Å²) in [6, 6.07) is 15.9. The first-order valence-electron chi connectivity index (χ1n) is 16.8. The molecular formula is C37H48N2O7S. The Morgan fingerprint density at radius 3 is 2.60 bits per heavy atom. The van der Waals surface area contributed by atoms with Gasteiger partial charge in [0.2, 0.25) is 5.79 Å². The number of fused-ring (bicyclic) bond motifs is 2. The summed E-state index contributed by atoms with van der Waals surface area (Å²) in [6.45, 7) is 6.86. The molecule has 1 amide bonds. The van der Waals surface area contributed by atoms with E-state index < -0.39 is 11.9 Å². The molecule has 47 heavy (non-hydrogen) atoms. The van der Waals surface area contributed by atoms with Crippen molar-refractivity contribution in [3.05, 3.63) is 78.4 Å². The highest BCUT2D eigenvalue weighted by Gasteiger charge is 2.64. The highest BCUT2D eigenvalue weighted by Crippen LogP contribution is 2.63. The van der Waals surface area contributed by atoms with Crippen LogP contribution in [0.15, 0.2) is 82.9 Å². The third kappa shape index (κ3) is 7.72. The van der Waals surface area contributed by atoms with Crippen molar-refractivity contribution in [3.8, 4) is 11.5 Å². The first-order valence-corrected chi connectivity index (χ1v) is 17.7. The van der Waals surface area contributed by atoms with Crippen LogP contribution in [-0.4, -0.2) is 66.5 Å². The van der Waals surface area contributed by atoms with Crippen molar-refractivity contribution < 1.29 is 34.1 Å². The highest BCUT2D eigenvalue weighted by atomic mass is 32.2. The van der Waals surface area contributed by atoms with Crippen LogP contribution in [0, 0.1) is 17.8 Å². The smallest absolute Gasteiger partial charge is 0.412 e. The second-order valence-electron chi connectivity index (χ2n) is 12.3. The van der Waals surface area contributed by atoms with Crippen molar-refractivity contribution in [1.29, 1.82) is 0 Å². The zero-order chi connectivity index (χ0) is 33.2. The van der Waals surface area contributed by atoms with E-state index in [1.165, 1.54) is 0 Å². The molecule has 10 heteroatoms. The summed E-state index contributed by atoms with van der Waals surface area (Å²) < 4.78 is 19.7.